The van der Waals surface area contributed by atoms with Gasteiger partial charge in [-0.25, -0.2) is 4.79 Å². The summed E-state index contributed by atoms with van der Waals surface area (Å²) in [5.74, 6) is -3.20. The van der Waals surface area contributed by atoms with Gasteiger partial charge >= 0.3 is 17.9 Å². The van der Waals surface area contributed by atoms with Gasteiger partial charge in [0.2, 0.25) is 12.7 Å². The predicted molar refractivity (Wildman–Crippen MR) is 176 cm³/mol. The third-order valence-electron chi connectivity index (χ3n) is 7.46. The Labute approximate surface area is 272 Å². The van der Waals surface area contributed by atoms with E-state index in [0.717, 1.165) is 16.7 Å². The zero-order valence-electron chi connectivity index (χ0n) is 27.6. The molecule has 0 bridgehead atoms. The number of hydrogen-bond acceptors (Lipinski definition) is 7. The van der Waals surface area contributed by atoms with Crippen molar-refractivity contribution < 1.29 is 33.4 Å². The minimum absolute atomic E-state index is 0.0996. The summed E-state index contributed by atoms with van der Waals surface area (Å²) in [4.78, 5) is 52.9. The van der Waals surface area contributed by atoms with Crippen LogP contribution in [-0.2, 0) is 52.8 Å². The summed E-state index contributed by atoms with van der Waals surface area (Å²) in [7, 11) is 0. The molecule has 0 saturated carbocycles. The summed E-state index contributed by atoms with van der Waals surface area (Å²) in [6.07, 6.45) is 1.21. The van der Waals surface area contributed by atoms with Crippen LogP contribution < -0.4 is 5.32 Å². The quantitative estimate of drug-likeness (QED) is 0.143. The van der Waals surface area contributed by atoms with E-state index in [1.807, 2.05) is 105 Å². The fourth-order valence-corrected chi connectivity index (χ4v) is 4.97. The van der Waals surface area contributed by atoms with Crippen molar-refractivity contribution >= 4 is 23.8 Å². The van der Waals surface area contributed by atoms with Gasteiger partial charge in [-0.15, -0.1) is 0 Å². The van der Waals surface area contributed by atoms with Gasteiger partial charge in [-0.3, -0.25) is 14.4 Å². The molecule has 0 aliphatic carbocycles. The standard InChI is InChI=1S/C38H47NO7/c1-27(2)21-33(36(42)44-25-30-19-13-8-14-20-30)39-34(40)31(22-28-15-9-6-10-16-28)24-32(23-29-17-11-7-12-18-29)35(41)45-26-46-37(43)38(3,4)5/h6-20,27,31-33H,21-26H2,1-5H3,(H,39,40)/t31?,32?,33-/m0/s1. The highest BCUT2D eigenvalue weighted by atomic mass is 16.7. The van der Waals surface area contributed by atoms with Crippen LogP contribution in [0.2, 0.25) is 0 Å². The normalized spacial score (nSPS) is 13.3. The van der Waals surface area contributed by atoms with Gasteiger partial charge in [0.15, 0.2) is 0 Å². The summed E-state index contributed by atoms with van der Waals surface area (Å²) in [5, 5.41) is 2.95. The van der Waals surface area contributed by atoms with Gasteiger partial charge in [0, 0.05) is 5.92 Å². The maximum atomic E-state index is 14.0. The number of benzene rings is 3. The lowest BCUT2D eigenvalue weighted by molar-refractivity contribution is -0.175. The van der Waals surface area contributed by atoms with E-state index in [2.05, 4.69) is 5.32 Å². The molecule has 2 unspecified atom stereocenters. The first-order valence-corrected chi connectivity index (χ1v) is 15.8. The fourth-order valence-electron chi connectivity index (χ4n) is 4.97. The molecular weight excluding hydrogens is 582 g/mol. The van der Waals surface area contributed by atoms with Crippen LogP contribution in [0, 0.1) is 23.2 Å². The molecule has 0 spiro atoms. The van der Waals surface area contributed by atoms with Crippen molar-refractivity contribution in [1.29, 1.82) is 0 Å². The molecule has 3 rings (SSSR count). The van der Waals surface area contributed by atoms with Gasteiger partial charge < -0.3 is 19.5 Å². The van der Waals surface area contributed by atoms with Crippen LogP contribution in [-0.4, -0.2) is 36.6 Å². The molecule has 1 N–H and O–H groups in total. The van der Waals surface area contributed by atoms with E-state index in [1.54, 1.807) is 20.8 Å². The van der Waals surface area contributed by atoms with Crippen LogP contribution in [0.5, 0.6) is 0 Å². The minimum atomic E-state index is -0.856. The average molecular weight is 630 g/mol. The minimum Gasteiger partial charge on any atom is -0.459 e. The molecule has 0 aliphatic heterocycles. The molecule has 0 heterocycles. The Bertz CT molecular complexity index is 1380. The Morgan fingerprint density at radius 1 is 0.630 bits per heavy atom. The molecule has 8 nitrogen and oxygen atoms in total. The second-order valence-corrected chi connectivity index (χ2v) is 13.1. The Kier molecular flexibility index (Phi) is 14.0. The van der Waals surface area contributed by atoms with Crippen LogP contribution in [0.3, 0.4) is 0 Å². The van der Waals surface area contributed by atoms with E-state index >= 15 is 0 Å². The first kappa shape index (κ1) is 36.0. The van der Waals surface area contributed by atoms with Crippen molar-refractivity contribution in [2.75, 3.05) is 6.79 Å². The molecule has 0 aliphatic rings. The molecule has 3 aromatic rings. The summed E-state index contributed by atoms with van der Waals surface area (Å²) >= 11 is 0. The molecule has 0 saturated heterocycles. The monoisotopic (exact) mass is 629 g/mol. The molecule has 1 amide bonds. The second-order valence-electron chi connectivity index (χ2n) is 13.1. The smallest absolute Gasteiger partial charge is 0.328 e. The van der Waals surface area contributed by atoms with Crippen molar-refractivity contribution in [3.8, 4) is 0 Å². The average Bonchev–Trinajstić information content (AvgIpc) is 3.03. The van der Waals surface area contributed by atoms with Crippen molar-refractivity contribution in [1.82, 2.24) is 5.32 Å². The number of ether oxygens (including phenoxy) is 3. The van der Waals surface area contributed by atoms with Crippen LogP contribution in [0.1, 0.15) is 64.2 Å². The van der Waals surface area contributed by atoms with Crippen molar-refractivity contribution in [2.45, 2.75) is 73.0 Å². The van der Waals surface area contributed by atoms with Crippen molar-refractivity contribution in [3.63, 3.8) is 0 Å². The lowest BCUT2D eigenvalue weighted by Crippen LogP contribution is -2.46. The zero-order valence-corrected chi connectivity index (χ0v) is 27.6. The number of rotatable bonds is 16. The molecule has 3 atom stereocenters. The van der Waals surface area contributed by atoms with Gasteiger partial charge in [-0.1, -0.05) is 105 Å². The molecule has 0 radical (unpaired) electrons. The van der Waals surface area contributed by atoms with E-state index in [9.17, 15) is 19.2 Å². The molecule has 0 aromatic heterocycles. The van der Waals surface area contributed by atoms with E-state index < -0.39 is 48.0 Å². The maximum absolute atomic E-state index is 14.0. The highest BCUT2D eigenvalue weighted by Crippen LogP contribution is 2.24. The molecule has 8 heteroatoms. The summed E-state index contributed by atoms with van der Waals surface area (Å²) in [5.41, 5.74) is 1.92. The second kappa shape index (κ2) is 17.9. The van der Waals surface area contributed by atoms with Crippen LogP contribution in [0.15, 0.2) is 91.0 Å². The van der Waals surface area contributed by atoms with Gasteiger partial charge in [0.25, 0.3) is 0 Å². The largest absolute Gasteiger partial charge is 0.459 e. The number of esters is 3. The van der Waals surface area contributed by atoms with Gasteiger partial charge in [0.05, 0.1) is 11.3 Å². The van der Waals surface area contributed by atoms with Gasteiger partial charge in [-0.2, -0.15) is 0 Å². The molecule has 246 valence electrons. The van der Waals surface area contributed by atoms with Crippen molar-refractivity contribution in [2.24, 2.45) is 23.2 Å². The van der Waals surface area contributed by atoms with Gasteiger partial charge in [-0.05, 0) is 69.1 Å². The number of carbonyl (C=O) groups is 4. The van der Waals surface area contributed by atoms with Crippen LogP contribution in [0.25, 0.3) is 0 Å². The lowest BCUT2D eigenvalue weighted by atomic mass is 9.85. The topological polar surface area (TPSA) is 108 Å². The zero-order chi connectivity index (χ0) is 33.5. The van der Waals surface area contributed by atoms with E-state index in [4.69, 9.17) is 14.2 Å². The van der Waals surface area contributed by atoms with E-state index in [0.29, 0.717) is 19.3 Å². The Morgan fingerprint density at radius 2 is 1.13 bits per heavy atom. The summed E-state index contributed by atoms with van der Waals surface area (Å²) in [6.45, 7) is 8.68. The van der Waals surface area contributed by atoms with E-state index in [-0.39, 0.29) is 24.9 Å². The summed E-state index contributed by atoms with van der Waals surface area (Å²) < 4.78 is 16.2. The maximum Gasteiger partial charge on any atom is 0.328 e. The molecule has 46 heavy (non-hydrogen) atoms. The first-order valence-electron chi connectivity index (χ1n) is 15.8. The molecular formula is C38H47NO7. The Balaban J connectivity index is 1.82. The first-order chi connectivity index (χ1) is 21.9. The van der Waals surface area contributed by atoms with Gasteiger partial charge in [0.1, 0.15) is 12.6 Å². The predicted octanol–water partition coefficient (Wildman–Crippen LogP) is 6.46. The third-order valence-corrected chi connectivity index (χ3v) is 7.46. The summed E-state index contributed by atoms with van der Waals surface area (Å²) in [6, 6.07) is 27.5. The highest BCUT2D eigenvalue weighted by molar-refractivity contribution is 5.86. The highest BCUT2D eigenvalue weighted by Gasteiger charge is 2.33. The molecule has 3 aromatic carbocycles. The third kappa shape index (κ3) is 12.5. The molecule has 0 fully saturated rings. The van der Waals surface area contributed by atoms with Crippen LogP contribution in [0.4, 0.5) is 0 Å². The van der Waals surface area contributed by atoms with E-state index in [1.165, 1.54) is 0 Å². The number of nitrogens with one attached hydrogen (secondary N) is 1. The van der Waals surface area contributed by atoms with Crippen molar-refractivity contribution in [3.05, 3.63) is 108 Å². The fraction of sp³-hybridized carbons (Fsp3) is 0.421. The number of hydrogen-bond donors (Lipinski definition) is 1. The number of carbonyl (C=O) groups excluding carboxylic acids is 4. The Hall–Kier alpha value is -4.46. The van der Waals surface area contributed by atoms with Crippen LogP contribution >= 0.6 is 0 Å². The number of amides is 1. The Morgan fingerprint density at radius 3 is 1.63 bits per heavy atom. The lowest BCUT2D eigenvalue weighted by Gasteiger charge is -2.26. The SMILES string of the molecule is CC(C)C[C@H](NC(=O)C(Cc1ccccc1)CC(Cc1ccccc1)C(=O)OCOC(=O)C(C)(C)C)C(=O)OCc1ccccc1.